The molecule has 0 radical (unpaired) electrons. The van der Waals surface area contributed by atoms with Crippen molar-refractivity contribution in [3.05, 3.63) is 18.1 Å². The number of hydrogen-bond acceptors (Lipinski definition) is 7. The van der Waals surface area contributed by atoms with Crippen LogP contribution in [0.5, 0.6) is 0 Å². The molecule has 1 aromatic heterocycles. The van der Waals surface area contributed by atoms with E-state index >= 15 is 0 Å². The molecule has 1 heterocycles. The summed E-state index contributed by atoms with van der Waals surface area (Å²) in [6, 6.07) is 0. The molecule has 0 spiro atoms. The van der Waals surface area contributed by atoms with Gasteiger partial charge in [-0.3, -0.25) is 4.98 Å². The molecule has 0 aliphatic heterocycles. The molecule has 1 aromatic rings. The van der Waals surface area contributed by atoms with E-state index in [1.807, 2.05) is 0 Å². The van der Waals surface area contributed by atoms with Gasteiger partial charge in [-0.1, -0.05) is 0 Å². The minimum atomic E-state index is -3.45. The first kappa shape index (κ1) is 14.3. The Balaban J connectivity index is 2.50. The number of ether oxygens (including phenoxy) is 1. The largest absolute Gasteiger partial charge is 0.464 e. The Labute approximate surface area is 105 Å². The summed E-state index contributed by atoms with van der Waals surface area (Å²) in [5, 5.41) is 7.69. The Morgan fingerprint density at radius 2 is 2.22 bits per heavy atom. The fourth-order valence-corrected chi connectivity index (χ4v) is 1.69. The van der Waals surface area contributed by atoms with Gasteiger partial charge < -0.3 is 10.1 Å². The molecule has 0 aromatic carbocycles. The van der Waals surface area contributed by atoms with E-state index in [9.17, 15) is 13.2 Å². The van der Waals surface area contributed by atoms with Crippen LogP contribution >= 0.6 is 0 Å². The van der Waals surface area contributed by atoms with Gasteiger partial charge in [-0.2, -0.15) is 0 Å². The zero-order valence-corrected chi connectivity index (χ0v) is 10.6. The second-order valence-corrected chi connectivity index (χ2v) is 5.16. The normalized spacial score (nSPS) is 11.0. The molecule has 0 amide bonds. The zero-order chi connectivity index (χ0) is 13.6. The van der Waals surface area contributed by atoms with E-state index < -0.39 is 16.0 Å². The third-order valence-electron chi connectivity index (χ3n) is 1.94. The molecule has 8 nitrogen and oxygen atoms in total. The van der Waals surface area contributed by atoms with Crippen molar-refractivity contribution >= 4 is 21.8 Å². The van der Waals surface area contributed by atoms with Gasteiger partial charge >= 0.3 is 5.97 Å². The molecule has 18 heavy (non-hydrogen) atoms. The zero-order valence-electron chi connectivity index (χ0n) is 9.79. The summed E-state index contributed by atoms with van der Waals surface area (Å²) < 4.78 is 25.9. The number of esters is 1. The van der Waals surface area contributed by atoms with E-state index in [2.05, 4.69) is 20.0 Å². The van der Waals surface area contributed by atoms with Crippen LogP contribution in [0.1, 0.15) is 16.9 Å². The number of primary sulfonamides is 1. The lowest BCUT2D eigenvalue weighted by atomic mass is 10.4. The van der Waals surface area contributed by atoms with Crippen molar-refractivity contribution in [2.75, 3.05) is 24.7 Å². The number of nitrogens with one attached hydrogen (secondary N) is 1. The SMILES string of the molecule is COC(=O)c1cncc(NCCCS(N)(=O)=O)n1. The highest BCUT2D eigenvalue weighted by atomic mass is 32.2. The number of nitrogens with two attached hydrogens (primary N) is 1. The maximum absolute atomic E-state index is 11.2. The van der Waals surface area contributed by atoms with Gasteiger partial charge in [0.25, 0.3) is 0 Å². The number of carbonyl (C=O) groups is 1. The van der Waals surface area contributed by atoms with Crippen molar-refractivity contribution in [3.63, 3.8) is 0 Å². The molecule has 0 unspecified atom stereocenters. The summed E-state index contributed by atoms with van der Waals surface area (Å²) in [4.78, 5) is 18.9. The van der Waals surface area contributed by atoms with Crippen LogP contribution in [0.25, 0.3) is 0 Å². The van der Waals surface area contributed by atoms with Gasteiger partial charge in [-0.25, -0.2) is 23.3 Å². The standard InChI is InChI=1S/C9H14N4O4S/c1-17-9(14)7-5-11-6-8(13-7)12-3-2-4-18(10,15)16/h5-6H,2-4H2,1H3,(H,12,13)(H2,10,15,16). The molecule has 0 saturated carbocycles. The smallest absolute Gasteiger partial charge is 0.358 e. The molecule has 3 N–H and O–H groups in total. The van der Waals surface area contributed by atoms with Crippen LogP contribution in [0, 0.1) is 0 Å². The fourth-order valence-electron chi connectivity index (χ4n) is 1.14. The Morgan fingerprint density at radius 3 is 2.83 bits per heavy atom. The van der Waals surface area contributed by atoms with Crippen LogP contribution in [0.2, 0.25) is 0 Å². The van der Waals surface area contributed by atoms with Crippen molar-refractivity contribution in [2.24, 2.45) is 5.14 Å². The maximum Gasteiger partial charge on any atom is 0.358 e. The lowest BCUT2D eigenvalue weighted by Crippen LogP contribution is -2.19. The quantitative estimate of drug-likeness (QED) is 0.522. The fraction of sp³-hybridized carbons (Fsp3) is 0.444. The van der Waals surface area contributed by atoms with Gasteiger partial charge in [0.15, 0.2) is 5.69 Å². The molecule has 0 saturated heterocycles. The van der Waals surface area contributed by atoms with Crippen molar-refractivity contribution < 1.29 is 17.9 Å². The second kappa shape index (κ2) is 6.26. The highest BCUT2D eigenvalue weighted by Crippen LogP contribution is 2.03. The summed E-state index contributed by atoms with van der Waals surface area (Å²) in [7, 11) is -2.21. The predicted molar refractivity (Wildman–Crippen MR) is 64.5 cm³/mol. The van der Waals surface area contributed by atoms with E-state index in [1.165, 1.54) is 19.5 Å². The van der Waals surface area contributed by atoms with Gasteiger partial charge in [0, 0.05) is 6.54 Å². The third-order valence-corrected chi connectivity index (χ3v) is 2.80. The summed E-state index contributed by atoms with van der Waals surface area (Å²) in [5.41, 5.74) is 0.0777. The van der Waals surface area contributed by atoms with Gasteiger partial charge in [0.2, 0.25) is 10.0 Å². The molecule has 0 atom stereocenters. The Morgan fingerprint density at radius 1 is 1.50 bits per heavy atom. The highest BCUT2D eigenvalue weighted by molar-refractivity contribution is 7.89. The van der Waals surface area contributed by atoms with Crippen molar-refractivity contribution in [1.29, 1.82) is 0 Å². The molecule has 0 aliphatic carbocycles. The summed E-state index contributed by atoms with van der Waals surface area (Å²) >= 11 is 0. The van der Waals surface area contributed by atoms with E-state index in [-0.39, 0.29) is 11.4 Å². The first-order valence-electron chi connectivity index (χ1n) is 5.07. The molecule has 1 rings (SSSR count). The summed E-state index contributed by atoms with van der Waals surface area (Å²) in [5.74, 6) is -0.340. The van der Waals surface area contributed by atoms with E-state index in [4.69, 9.17) is 5.14 Å². The topological polar surface area (TPSA) is 124 Å². The Bertz CT molecular complexity index is 517. The summed E-state index contributed by atoms with van der Waals surface area (Å²) in [6.07, 6.45) is 3.04. The lowest BCUT2D eigenvalue weighted by molar-refractivity contribution is 0.0593. The van der Waals surface area contributed by atoms with Crippen molar-refractivity contribution in [2.45, 2.75) is 6.42 Å². The lowest BCUT2D eigenvalue weighted by Gasteiger charge is -2.05. The molecule has 0 bridgehead atoms. The average molecular weight is 274 g/mol. The number of aromatic nitrogens is 2. The number of carbonyl (C=O) groups excluding carboxylic acids is 1. The van der Waals surface area contributed by atoms with Crippen LogP contribution < -0.4 is 10.5 Å². The maximum atomic E-state index is 11.2. The van der Waals surface area contributed by atoms with Crippen molar-refractivity contribution in [1.82, 2.24) is 9.97 Å². The number of nitrogens with zero attached hydrogens (tertiary/aromatic N) is 2. The van der Waals surface area contributed by atoms with Gasteiger partial charge in [-0.15, -0.1) is 0 Å². The molecule has 0 fully saturated rings. The molecule has 9 heteroatoms. The minimum Gasteiger partial charge on any atom is -0.464 e. The van der Waals surface area contributed by atoms with Gasteiger partial charge in [0.05, 0.1) is 25.3 Å². The first-order valence-corrected chi connectivity index (χ1v) is 6.78. The molecule has 100 valence electrons. The molecule has 0 aliphatic rings. The van der Waals surface area contributed by atoms with Gasteiger partial charge in [0.1, 0.15) is 5.82 Å². The second-order valence-electron chi connectivity index (χ2n) is 3.43. The Hall–Kier alpha value is -1.74. The van der Waals surface area contributed by atoms with E-state index in [0.29, 0.717) is 18.8 Å². The highest BCUT2D eigenvalue weighted by Gasteiger charge is 2.08. The summed E-state index contributed by atoms with van der Waals surface area (Å²) in [6.45, 7) is 0.357. The van der Waals surface area contributed by atoms with Crippen LogP contribution in [-0.2, 0) is 14.8 Å². The molecular formula is C9H14N4O4S. The number of anilines is 1. The van der Waals surface area contributed by atoms with Crippen LogP contribution in [-0.4, -0.2) is 43.8 Å². The van der Waals surface area contributed by atoms with E-state index in [1.54, 1.807) is 0 Å². The van der Waals surface area contributed by atoms with Gasteiger partial charge in [-0.05, 0) is 6.42 Å². The van der Waals surface area contributed by atoms with E-state index in [0.717, 1.165) is 0 Å². The number of hydrogen-bond donors (Lipinski definition) is 2. The monoisotopic (exact) mass is 274 g/mol. The number of sulfonamides is 1. The first-order chi connectivity index (χ1) is 8.42. The third kappa shape index (κ3) is 5.06. The minimum absolute atomic E-state index is 0.0777. The Kier molecular flexibility index (Phi) is 4.98. The molecular weight excluding hydrogens is 260 g/mol. The van der Waals surface area contributed by atoms with Crippen LogP contribution in [0.15, 0.2) is 12.4 Å². The number of methoxy groups -OCH3 is 1. The van der Waals surface area contributed by atoms with Crippen molar-refractivity contribution in [3.8, 4) is 0 Å². The predicted octanol–water partition coefficient (Wildman–Crippen LogP) is -0.646. The average Bonchev–Trinajstić information content (AvgIpc) is 2.33. The number of rotatable bonds is 6. The van der Waals surface area contributed by atoms with Crippen LogP contribution in [0.4, 0.5) is 5.82 Å². The van der Waals surface area contributed by atoms with Crippen LogP contribution in [0.3, 0.4) is 0 Å².